The first kappa shape index (κ1) is 19.0. The fraction of sp³-hybridized carbons (Fsp3) is 0.565. The van der Waals surface area contributed by atoms with Gasteiger partial charge in [-0.3, -0.25) is 4.99 Å². The van der Waals surface area contributed by atoms with E-state index < -0.39 is 0 Å². The first-order valence-electron chi connectivity index (χ1n) is 10.6. The molecular formula is C23H33N5. The number of benzene rings is 1. The number of nitrogens with one attached hydrogen (secondary N) is 1. The van der Waals surface area contributed by atoms with E-state index in [1.54, 1.807) is 0 Å². The molecule has 5 nitrogen and oxygen atoms in total. The topological polar surface area (TPSA) is 45.5 Å². The second-order valence-electron chi connectivity index (χ2n) is 8.75. The third kappa shape index (κ3) is 3.94. The first-order chi connectivity index (χ1) is 13.6. The SMILES string of the molecule is CN=C(NC1CC1c1ccc(C(C)C)cc1)N1CCC(C)C(n2ccnc2)C1. The number of hydrogen-bond donors (Lipinski definition) is 1. The van der Waals surface area contributed by atoms with E-state index in [2.05, 4.69) is 76.0 Å². The van der Waals surface area contributed by atoms with Crippen LogP contribution in [-0.2, 0) is 0 Å². The summed E-state index contributed by atoms with van der Waals surface area (Å²) in [6.07, 6.45) is 8.26. The van der Waals surface area contributed by atoms with E-state index in [4.69, 9.17) is 0 Å². The molecule has 28 heavy (non-hydrogen) atoms. The van der Waals surface area contributed by atoms with Crippen molar-refractivity contribution in [1.82, 2.24) is 19.8 Å². The van der Waals surface area contributed by atoms with Crippen molar-refractivity contribution < 1.29 is 0 Å². The fourth-order valence-corrected chi connectivity index (χ4v) is 4.41. The molecule has 150 valence electrons. The predicted molar refractivity (Wildman–Crippen MR) is 115 cm³/mol. The number of piperidine rings is 1. The van der Waals surface area contributed by atoms with Crippen LogP contribution in [-0.4, -0.2) is 46.6 Å². The van der Waals surface area contributed by atoms with Crippen molar-refractivity contribution in [3.63, 3.8) is 0 Å². The largest absolute Gasteiger partial charge is 0.353 e. The number of aromatic nitrogens is 2. The van der Waals surface area contributed by atoms with Crippen molar-refractivity contribution in [3.05, 3.63) is 54.1 Å². The van der Waals surface area contributed by atoms with Crippen molar-refractivity contribution in [2.75, 3.05) is 20.1 Å². The highest BCUT2D eigenvalue weighted by molar-refractivity contribution is 5.81. The van der Waals surface area contributed by atoms with Gasteiger partial charge in [-0.25, -0.2) is 4.98 Å². The third-order valence-corrected chi connectivity index (χ3v) is 6.47. The lowest BCUT2D eigenvalue weighted by Gasteiger charge is -2.39. The monoisotopic (exact) mass is 379 g/mol. The van der Waals surface area contributed by atoms with Gasteiger partial charge in [-0.1, -0.05) is 45.0 Å². The van der Waals surface area contributed by atoms with Crippen LogP contribution in [0.25, 0.3) is 0 Å². The molecule has 2 aromatic rings. The number of likely N-dealkylation sites (tertiary alicyclic amines) is 1. The third-order valence-electron chi connectivity index (χ3n) is 6.47. The molecule has 4 unspecified atom stereocenters. The molecule has 1 N–H and O–H groups in total. The molecule has 5 heteroatoms. The smallest absolute Gasteiger partial charge is 0.193 e. The maximum absolute atomic E-state index is 4.60. The van der Waals surface area contributed by atoms with Crippen LogP contribution in [0.5, 0.6) is 0 Å². The van der Waals surface area contributed by atoms with E-state index in [1.165, 1.54) is 24.0 Å². The summed E-state index contributed by atoms with van der Waals surface area (Å²) in [6, 6.07) is 10.1. The van der Waals surface area contributed by atoms with Crippen LogP contribution in [0.2, 0.25) is 0 Å². The van der Waals surface area contributed by atoms with Gasteiger partial charge in [-0.15, -0.1) is 0 Å². The lowest BCUT2D eigenvalue weighted by atomic mass is 9.93. The summed E-state index contributed by atoms with van der Waals surface area (Å²) in [5.41, 5.74) is 2.86. The molecule has 2 fully saturated rings. The minimum Gasteiger partial charge on any atom is -0.353 e. The lowest BCUT2D eigenvalue weighted by Crippen LogP contribution is -2.49. The molecule has 0 spiro atoms. The number of rotatable bonds is 4. The molecule has 2 heterocycles. The van der Waals surface area contributed by atoms with Gasteiger partial charge in [0.05, 0.1) is 12.4 Å². The number of nitrogens with zero attached hydrogens (tertiary/aromatic N) is 4. The predicted octanol–water partition coefficient (Wildman–Crippen LogP) is 4.02. The summed E-state index contributed by atoms with van der Waals surface area (Å²) >= 11 is 0. The average Bonchev–Trinajstić information content (AvgIpc) is 3.26. The minimum absolute atomic E-state index is 0.452. The minimum atomic E-state index is 0.452. The van der Waals surface area contributed by atoms with Crippen molar-refractivity contribution in [3.8, 4) is 0 Å². The Morgan fingerprint density at radius 1 is 1.25 bits per heavy atom. The van der Waals surface area contributed by atoms with E-state index in [1.807, 2.05) is 19.6 Å². The van der Waals surface area contributed by atoms with Gasteiger partial charge in [0.25, 0.3) is 0 Å². The van der Waals surface area contributed by atoms with Crippen molar-refractivity contribution >= 4 is 5.96 Å². The summed E-state index contributed by atoms with van der Waals surface area (Å²) in [4.78, 5) is 11.3. The molecule has 1 saturated heterocycles. The molecule has 4 atom stereocenters. The average molecular weight is 380 g/mol. The van der Waals surface area contributed by atoms with Crippen molar-refractivity contribution in [2.24, 2.45) is 10.9 Å². The number of guanidine groups is 1. The Labute approximate surface area is 168 Å². The van der Waals surface area contributed by atoms with Crippen LogP contribution in [0.1, 0.15) is 62.6 Å². The van der Waals surface area contributed by atoms with Crippen molar-refractivity contribution in [1.29, 1.82) is 0 Å². The van der Waals surface area contributed by atoms with Gasteiger partial charge in [-0.2, -0.15) is 0 Å². The maximum atomic E-state index is 4.60. The Kier molecular flexibility index (Phi) is 5.42. The summed E-state index contributed by atoms with van der Waals surface area (Å²) in [5, 5.41) is 3.73. The van der Waals surface area contributed by atoms with E-state index in [0.717, 1.165) is 19.0 Å². The van der Waals surface area contributed by atoms with Crippen LogP contribution in [0.15, 0.2) is 48.0 Å². The summed E-state index contributed by atoms with van der Waals surface area (Å²) in [6.45, 7) is 8.88. The Balaban J connectivity index is 1.38. The van der Waals surface area contributed by atoms with Gasteiger partial charge in [-0.05, 0) is 35.8 Å². The highest BCUT2D eigenvalue weighted by Gasteiger charge is 2.40. The molecule has 0 bridgehead atoms. The Morgan fingerprint density at radius 3 is 2.68 bits per heavy atom. The molecule has 1 aliphatic carbocycles. The Morgan fingerprint density at radius 2 is 2.04 bits per heavy atom. The van der Waals surface area contributed by atoms with E-state index >= 15 is 0 Å². The Bertz CT molecular complexity index is 793. The second-order valence-corrected chi connectivity index (χ2v) is 8.75. The van der Waals surface area contributed by atoms with Crippen LogP contribution in [0.3, 0.4) is 0 Å². The summed E-state index contributed by atoms with van der Waals surface area (Å²) in [5.74, 6) is 2.89. The second kappa shape index (κ2) is 7.98. The highest BCUT2D eigenvalue weighted by atomic mass is 15.3. The summed E-state index contributed by atoms with van der Waals surface area (Å²) < 4.78 is 2.25. The zero-order valence-electron chi connectivity index (χ0n) is 17.5. The molecule has 0 radical (unpaired) electrons. The van der Waals surface area contributed by atoms with Gasteiger partial charge in [0.15, 0.2) is 5.96 Å². The molecule has 1 aromatic carbocycles. The van der Waals surface area contributed by atoms with Gasteiger partial charge in [0.1, 0.15) is 0 Å². The van der Waals surface area contributed by atoms with Crippen LogP contribution in [0.4, 0.5) is 0 Å². The van der Waals surface area contributed by atoms with Crippen molar-refractivity contribution in [2.45, 2.75) is 57.5 Å². The molecule has 0 amide bonds. The zero-order valence-corrected chi connectivity index (χ0v) is 17.5. The fourth-order valence-electron chi connectivity index (χ4n) is 4.41. The molecule has 2 aliphatic rings. The van der Waals surface area contributed by atoms with Crippen LogP contribution in [0, 0.1) is 5.92 Å². The molecule has 1 aromatic heterocycles. The van der Waals surface area contributed by atoms with Gasteiger partial charge >= 0.3 is 0 Å². The van der Waals surface area contributed by atoms with Crippen LogP contribution >= 0.6 is 0 Å². The quantitative estimate of drug-likeness (QED) is 0.645. The van der Waals surface area contributed by atoms with E-state index in [9.17, 15) is 0 Å². The van der Waals surface area contributed by atoms with E-state index in [0.29, 0.717) is 29.8 Å². The molecule has 1 saturated carbocycles. The Hall–Kier alpha value is -2.30. The first-order valence-corrected chi connectivity index (χ1v) is 10.6. The molecule has 1 aliphatic heterocycles. The zero-order chi connectivity index (χ0) is 19.7. The number of imidazole rings is 1. The highest BCUT2D eigenvalue weighted by Crippen LogP contribution is 2.41. The summed E-state index contributed by atoms with van der Waals surface area (Å²) in [7, 11) is 1.90. The normalized spacial score (nSPS) is 27.9. The van der Waals surface area contributed by atoms with Gasteiger partial charge in [0, 0.05) is 44.5 Å². The number of hydrogen-bond acceptors (Lipinski definition) is 2. The van der Waals surface area contributed by atoms with Gasteiger partial charge in [0.2, 0.25) is 0 Å². The van der Waals surface area contributed by atoms with E-state index in [-0.39, 0.29) is 0 Å². The maximum Gasteiger partial charge on any atom is 0.193 e. The molecule has 4 rings (SSSR count). The number of aliphatic imine (C=N–C) groups is 1. The van der Waals surface area contributed by atoms with Gasteiger partial charge < -0.3 is 14.8 Å². The van der Waals surface area contributed by atoms with Crippen LogP contribution < -0.4 is 5.32 Å². The molecular weight excluding hydrogens is 346 g/mol. The standard InChI is InChI=1S/C23H33N5/c1-16(2)18-5-7-19(8-6-18)20-13-21(20)26-23(24-4)27-11-9-17(3)22(14-27)28-12-10-25-15-28/h5-8,10,12,15-17,20-22H,9,11,13-14H2,1-4H3,(H,24,26). The lowest BCUT2D eigenvalue weighted by molar-refractivity contribution is 0.189.